The number of nitrogens with one attached hydrogen (secondary N) is 1. The van der Waals surface area contributed by atoms with E-state index in [1.54, 1.807) is 0 Å². The minimum absolute atomic E-state index is 0.629. The highest BCUT2D eigenvalue weighted by atomic mass is 16.5. The third kappa shape index (κ3) is 3.39. The summed E-state index contributed by atoms with van der Waals surface area (Å²) in [5, 5.41) is 7.52. The molecule has 0 radical (unpaired) electrons. The average Bonchev–Trinajstić information content (AvgIpc) is 3.28. The van der Waals surface area contributed by atoms with Crippen LogP contribution in [0.5, 0.6) is 0 Å². The number of hydrogen-bond acceptors (Lipinski definition) is 5. The molecule has 3 heterocycles. The molecule has 1 unspecified atom stereocenters. The first kappa shape index (κ1) is 14.7. The topological polar surface area (TPSA) is 54.2 Å². The average molecular weight is 312 g/mol. The molecule has 5 nitrogen and oxygen atoms in total. The van der Waals surface area contributed by atoms with Gasteiger partial charge in [0, 0.05) is 30.8 Å². The van der Waals surface area contributed by atoms with Gasteiger partial charge in [0.15, 0.2) is 0 Å². The smallest absolute Gasteiger partial charge is 0.227 e. The summed E-state index contributed by atoms with van der Waals surface area (Å²) in [5.41, 5.74) is 2.33. The highest BCUT2D eigenvalue weighted by Gasteiger charge is 2.19. The van der Waals surface area contributed by atoms with Crippen LogP contribution in [0.2, 0.25) is 0 Å². The van der Waals surface area contributed by atoms with E-state index in [2.05, 4.69) is 44.6 Å². The van der Waals surface area contributed by atoms with Gasteiger partial charge in [-0.15, -0.1) is 0 Å². The molecule has 4 rings (SSSR count). The number of rotatable bonds is 4. The lowest BCUT2D eigenvalue weighted by Crippen LogP contribution is -2.29. The molecule has 1 aromatic carbocycles. The van der Waals surface area contributed by atoms with E-state index in [1.165, 1.54) is 44.5 Å². The van der Waals surface area contributed by atoms with E-state index in [0.29, 0.717) is 11.7 Å². The van der Waals surface area contributed by atoms with Gasteiger partial charge in [0.25, 0.3) is 0 Å². The van der Waals surface area contributed by atoms with Crippen LogP contribution in [0.3, 0.4) is 0 Å². The van der Waals surface area contributed by atoms with Crippen molar-refractivity contribution in [3.05, 3.63) is 30.2 Å². The Morgan fingerprint density at radius 1 is 1.13 bits per heavy atom. The maximum absolute atomic E-state index is 5.43. The third-order valence-corrected chi connectivity index (χ3v) is 4.94. The summed E-state index contributed by atoms with van der Waals surface area (Å²) < 4.78 is 5.43. The molecule has 0 aliphatic carbocycles. The van der Waals surface area contributed by atoms with Crippen LogP contribution in [0.4, 0.5) is 5.69 Å². The van der Waals surface area contributed by atoms with E-state index in [4.69, 9.17) is 4.52 Å². The van der Waals surface area contributed by atoms with Gasteiger partial charge < -0.3 is 14.7 Å². The van der Waals surface area contributed by atoms with Crippen molar-refractivity contribution in [2.75, 3.05) is 31.1 Å². The molecular formula is C18H24N4O. The number of anilines is 1. The van der Waals surface area contributed by atoms with Crippen LogP contribution in [-0.4, -0.2) is 36.3 Å². The number of hydrogen-bond donors (Lipinski definition) is 1. The van der Waals surface area contributed by atoms with Crippen LogP contribution in [0.1, 0.15) is 31.6 Å². The van der Waals surface area contributed by atoms with E-state index >= 15 is 0 Å². The Balaban J connectivity index is 1.44. The molecule has 2 aliphatic rings. The molecule has 2 fully saturated rings. The molecule has 2 saturated heterocycles. The highest BCUT2D eigenvalue weighted by molar-refractivity contribution is 5.60. The fourth-order valence-corrected chi connectivity index (χ4v) is 3.56. The van der Waals surface area contributed by atoms with Gasteiger partial charge in [0.2, 0.25) is 11.7 Å². The quantitative estimate of drug-likeness (QED) is 0.941. The number of piperidine rings is 1. The summed E-state index contributed by atoms with van der Waals surface area (Å²) in [6, 6.07) is 8.57. The monoisotopic (exact) mass is 312 g/mol. The molecule has 1 aromatic heterocycles. The van der Waals surface area contributed by atoms with Crippen molar-refractivity contribution < 1.29 is 4.52 Å². The fourth-order valence-electron chi connectivity index (χ4n) is 3.56. The van der Waals surface area contributed by atoms with Gasteiger partial charge in [0.05, 0.1) is 0 Å². The van der Waals surface area contributed by atoms with Gasteiger partial charge in [-0.05, 0) is 69.0 Å². The molecule has 0 saturated carbocycles. The number of benzene rings is 1. The summed E-state index contributed by atoms with van der Waals surface area (Å²) in [6.07, 6.45) is 6.03. The predicted molar refractivity (Wildman–Crippen MR) is 90.5 cm³/mol. The number of nitrogens with zero attached hydrogens (tertiary/aromatic N) is 3. The van der Waals surface area contributed by atoms with Crippen molar-refractivity contribution >= 4 is 5.69 Å². The zero-order valence-electron chi connectivity index (χ0n) is 13.5. The molecule has 0 spiro atoms. The second-order valence-electron chi connectivity index (χ2n) is 6.67. The Labute approximate surface area is 137 Å². The second-order valence-corrected chi connectivity index (χ2v) is 6.67. The summed E-state index contributed by atoms with van der Waals surface area (Å²) in [5.74, 6) is 2.09. The van der Waals surface area contributed by atoms with Crippen molar-refractivity contribution in [1.82, 2.24) is 15.5 Å². The maximum Gasteiger partial charge on any atom is 0.227 e. The van der Waals surface area contributed by atoms with Crippen molar-refractivity contribution in [1.29, 1.82) is 0 Å². The van der Waals surface area contributed by atoms with Gasteiger partial charge in [-0.1, -0.05) is 5.16 Å². The second kappa shape index (κ2) is 6.71. The first-order valence-corrected chi connectivity index (χ1v) is 8.77. The van der Waals surface area contributed by atoms with Gasteiger partial charge in [-0.2, -0.15) is 4.98 Å². The Bertz CT molecular complexity index is 625. The molecule has 2 aliphatic heterocycles. The zero-order chi connectivity index (χ0) is 15.5. The van der Waals surface area contributed by atoms with Gasteiger partial charge in [-0.25, -0.2) is 0 Å². The van der Waals surface area contributed by atoms with Crippen LogP contribution in [-0.2, 0) is 6.42 Å². The van der Waals surface area contributed by atoms with E-state index in [0.717, 1.165) is 31.0 Å². The number of aromatic nitrogens is 2. The van der Waals surface area contributed by atoms with Crippen molar-refractivity contribution in [3.63, 3.8) is 0 Å². The fraction of sp³-hybridized carbons (Fsp3) is 0.556. The van der Waals surface area contributed by atoms with Gasteiger partial charge in [0.1, 0.15) is 0 Å². The first-order valence-electron chi connectivity index (χ1n) is 8.77. The SMILES string of the molecule is c1cc(N2CCCCC2)ccc1-c1noc(CC2CCNC2)n1. The van der Waals surface area contributed by atoms with Crippen LogP contribution in [0.15, 0.2) is 28.8 Å². The van der Waals surface area contributed by atoms with E-state index in [1.807, 2.05) is 0 Å². The summed E-state index contributed by atoms with van der Waals surface area (Å²) >= 11 is 0. The van der Waals surface area contributed by atoms with Crippen LogP contribution < -0.4 is 10.2 Å². The largest absolute Gasteiger partial charge is 0.372 e. The lowest BCUT2D eigenvalue weighted by molar-refractivity contribution is 0.358. The van der Waals surface area contributed by atoms with Crippen LogP contribution >= 0.6 is 0 Å². The minimum atomic E-state index is 0.629. The van der Waals surface area contributed by atoms with Crippen molar-refractivity contribution in [2.24, 2.45) is 5.92 Å². The summed E-state index contributed by atoms with van der Waals surface area (Å²) in [4.78, 5) is 7.03. The first-order chi connectivity index (χ1) is 11.4. The Morgan fingerprint density at radius 3 is 2.70 bits per heavy atom. The van der Waals surface area contributed by atoms with Gasteiger partial charge >= 0.3 is 0 Å². The van der Waals surface area contributed by atoms with Crippen molar-refractivity contribution in [3.8, 4) is 11.4 Å². The zero-order valence-corrected chi connectivity index (χ0v) is 13.5. The molecule has 2 aromatic rings. The maximum atomic E-state index is 5.43. The lowest BCUT2D eigenvalue weighted by atomic mass is 10.1. The summed E-state index contributed by atoms with van der Waals surface area (Å²) in [6.45, 7) is 4.49. The van der Waals surface area contributed by atoms with E-state index < -0.39 is 0 Å². The molecule has 1 N–H and O–H groups in total. The summed E-state index contributed by atoms with van der Waals surface area (Å²) in [7, 11) is 0. The predicted octanol–water partition coefficient (Wildman–Crippen LogP) is 2.88. The third-order valence-electron chi connectivity index (χ3n) is 4.94. The Morgan fingerprint density at radius 2 is 1.96 bits per heavy atom. The van der Waals surface area contributed by atoms with Crippen molar-refractivity contribution in [2.45, 2.75) is 32.1 Å². The van der Waals surface area contributed by atoms with E-state index in [9.17, 15) is 0 Å². The van der Waals surface area contributed by atoms with Crippen LogP contribution in [0.25, 0.3) is 11.4 Å². The normalized spacial score (nSPS) is 21.7. The minimum Gasteiger partial charge on any atom is -0.372 e. The van der Waals surface area contributed by atoms with Crippen LogP contribution in [0, 0.1) is 5.92 Å². The molecule has 122 valence electrons. The van der Waals surface area contributed by atoms with E-state index in [-0.39, 0.29) is 0 Å². The Hall–Kier alpha value is -1.88. The standard InChI is InChI=1S/C18H24N4O/c1-2-10-22(11-3-1)16-6-4-15(5-7-16)18-20-17(23-21-18)12-14-8-9-19-13-14/h4-7,14,19H,1-3,8-13H2. The molecule has 1 atom stereocenters. The van der Waals surface area contributed by atoms with Gasteiger partial charge in [-0.3, -0.25) is 0 Å². The molecule has 0 bridgehead atoms. The Kier molecular flexibility index (Phi) is 4.28. The molecular weight excluding hydrogens is 288 g/mol. The molecule has 0 amide bonds. The lowest BCUT2D eigenvalue weighted by Gasteiger charge is -2.28. The molecule has 23 heavy (non-hydrogen) atoms. The molecule has 5 heteroatoms. The highest BCUT2D eigenvalue weighted by Crippen LogP contribution is 2.24.